The van der Waals surface area contributed by atoms with E-state index < -0.39 is 0 Å². The number of nitrogens with two attached hydrogens (primary N) is 1. The Morgan fingerprint density at radius 2 is 1.89 bits per heavy atom. The van der Waals surface area contributed by atoms with Crippen molar-refractivity contribution in [2.45, 2.75) is 19.9 Å². The van der Waals surface area contributed by atoms with Crippen molar-refractivity contribution in [2.24, 2.45) is 5.84 Å². The molecule has 0 amide bonds. The lowest BCUT2D eigenvalue weighted by atomic mass is 9.99. The van der Waals surface area contributed by atoms with Gasteiger partial charge in [-0.15, -0.1) is 0 Å². The minimum absolute atomic E-state index is 0.242. The Morgan fingerprint density at radius 3 is 2.44 bits per heavy atom. The summed E-state index contributed by atoms with van der Waals surface area (Å²) in [6.45, 7) is 3.79. The summed E-state index contributed by atoms with van der Waals surface area (Å²) >= 11 is 12.2. The molecule has 0 aliphatic carbocycles. The Hall–Kier alpha value is -1.00. The molecule has 1 heterocycles. The van der Waals surface area contributed by atoms with Crippen molar-refractivity contribution < 1.29 is 4.42 Å². The molecule has 0 radical (unpaired) electrons. The molecule has 0 saturated carbocycles. The highest BCUT2D eigenvalue weighted by atomic mass is 35.5. The zero-order valence-electron chi connectivity index (χ0n) is 10.1. The van der Waals surface area contributed by atoms with Crippen LogP contribution in [0, 0.1) is 13.8 Å². The SMILES string of the molecule is Cc1cc(C(NN)c2cc(Cl)ccc2Cl)c(C)o1. The molecule has 18 heavy (non-hydrogen) atoms. The number of aryl methyl sites for hydroxylation is 2. The van der Waals surface area contributed by atoms with Gasteiger partial charge >= 0.3 is 0 Å². The van der Waals surface area contributed by atoms with Gasteiger partial charge in [-0.05, 0) is 43.7 Å². The fourth-order valence-electron chi connectivity index (χ4n) is 2.02. The van der Waals surface area contributed by atoms with E-state index in [9.17, 15) is 0 Å². The van der Waals surface area contributed by atoms with E-state index in [1.807, 2.05) is 19.9 Å². The molecule has 5 heteroatoms. The number of furan rings is 1. The van der Waals surface area contributed by atoms with E-state index in [4.69, 9.17) is 33.5 Å². The summed E-state index contributed by atoms with van der Waals surface area (Å²) in [7, 11) is 0. The van der Waals surface area contributed by atoms with Crippen LogP contribution in [0.4, 0.5) is 0 Å². The van der Waals surface area contributed by atoms with Crippen LogP contribution in [0.3, 0.4) is 0 Å². The van der Waals surface area contributed by atoms with E-state index in [0.717, 1.165) is 22.6 Å². The molecule has 0 bridgehead atoms. The van der Waals surface area contributed by atoms with Crippen LogP contribution in [0.1, 0.15) is 28.7 Å². The van der Waals surface area contributed by atoms with E-state index in [-0.39, 0.29) is 6.04 Å². The normalized spacial score (nSPS) is 12.7. The van der Waals surface area contributed by atoms with E-state index >= 15 is 0 Å². The Kier molecular flexibility index (Phi) is 3.97. The second-order valence-corrected chi connectivity index (χ2v) is 4.98. The lowest BCUT2D eigenvalue weighted by Gasteiger charge is -2.17. The summed E-state index contributed by atoms with van der Waals surface area (Å²) in [5, 5.41) is 1.23. The van der Waals surface area contributed by atoms with Gasteiger partial charge in [0.15, 0.2) is 0 Å². The van der Waals surface area contributed by atoms with Crippen LogP contribution in [-0.2, 0) is 0 Å². The summed E-state index contributed by atoms with van der Waals surface area (Å²) in [6.07, 6.45) is 0. The molecule has 1 unspecified atom stereocenters. The van der Waals surface area contributed by atoms with Crippen molar-refractivity contribution in [1.29, 1.82) is 0 Å². The third-order valence-electron chi connectivity index (χ3n) is 2.83. The quantitative estimate of drug-likeness (QED) is 0.667. The van der Waals surface area contributed by atoms with E-state index in [1.165, 1.54) is 0 Å². The number of hydrogen-bond donors (Lipinski definition) is 2. The lowest BCUT2D eigenvalue weighted by Crippen LogP contribution is -2.29. The van der Waals surface area contributed by atoms with Crippen molar-refractivity contribution >= 4 is 23.2 Å². The van der Waals surface area contributed by atoms with Gasteiger partial charge in [0.1, 0.15) is 11.5 Å². The topological polar surface area (TPSA) is 51.2 Å². The summed E-state index contributed by atoms with van der Waals surface area (Å²) in [5.41, 5.74) is 4.54. The molecule has 96 valence electrons. The van der Waals surface area contributed by atoms with Gasteiger partial charge in [0.05, 0.1) is 6.04 Å². The average Bonchev–Trinajstić information content (AvgIpc) is 2.64. The average molecular weight is 285 g/mol. The highest BCUT2D eigenvalue weighted by Gasteiger charge is 2.20. The van der Waals surface area contributed by atoms with Crippen LogP contribution in [-0.4, -0.2) is 0 Å². The van der Waals surface area contributed by atoms with Gasteiger partial charge in [-0.2, -0.15) is 0 Å². The maximum absolute atomic E-state index is 6.19. The van der Waals surface area contributed by atoms with Gasteiger partial charge in [0.2, 0.25) is 0 Å². The summed E-state index contributed by atoms with van der Waals surface area (Å²) in [4.78, 5) is 0. The minimum Gasteiger partial charge on any atom is -0.466 e. The third-order valence-corrected chi connectivity index (χ3v) is 3.41. The molecule has 1 aromatic heterocycles. The van der Waals surface area contributed by atoms with Crippen molar-refractivity contribution in [1.82, 2.24) is 5.43 Å². The number of benzene rings is 1. The second-order valence-electron chi connectivity index (χ2n) is 4.13. The van der Waals surface area contributed by atoms with Gasteiger partial charge in [-0.1, -0.05) is 23.2 Å². The smallest absolute Gasteiger partial charge is 0.106 e. The summed E-state index contributed by atoms with van der Waals surface area (Å²) in [6, 6.07) is 7.00. The summed E-state index contributed by atoms with van der Waals surface area (Å²) < 4.78 is 5.52. The Morgan fingerprint density at radius 1 is 1.17 bits per heavy atom. The maximum atomic E-state index is 6.19. The number of hydrazine groups is 1. The van der Waals surface area contributed by atoms with Crippen LogP contribution in [0.25, 0.3) is 0 Å². The predicted molar refractivity (Wildman–Crippen MR) is 73.8 cm³/mol. The largest absolute Gasteiger partial charge is 0.466 e. The predicted octanol–water partition coefficient (Wildman–Crippen LogP) is 3.76. The van der Waals surface area contributed by atoms with Gasteiger partial charge in [0, 0.05) is 15.6 Å². The highest BCUT2D eigenvalue weighted by Crippen LogP contribution is 2.32. The molecule has 0 aliphatic rings. The lowest BCUT2D eigenvalue weighted by molar-refractivity contribution is 0.495. The molecule has 1 atom stereocenters. The molecule has 3 N–H and O–H groups in total. The van der Waals surface area contributed by atoms with Crippen molar-refractivity contribution in [2.75, 3.05) is 0 Å². The first-order valence-corrected chi connectivity index (χ1v) is 6.26. The van der Waals surface area contributed by atoms with Crippen LogP contribution < -0.4 is 11.3 Å². The van der Waals surface area contributed by atoms with Crippen molar-refractivity contribution in [3.05, 3.63) is 57.0 Å². The third kappa shape index (κ3) is 2.54. The fraction of sp³-hybridized carbons (Fsp3) is 0.231. The Balaban J connectivity index is 2.51. The second kappa shape index (κ2) is 5.33. The molecular formula is C13H14Cl2N2O. The van der Waals surface area contributed by atoms with Crippen molar-refractivity contribution in [3.63, 3.8) is 0 Å². The van der Waals surface area contributed by atoms with Crippen LogP contribution in [0.2, 0.25) is 10.0 Å². The van der Waals surface area contributed by atoms with Crippen molar-refractivity contribution in [3.8, 4) is 0 Å². The van der Waals surface area contributed by atoms with Gasteiger partial charge in [-0.3, -0.25) is 5.84 Å². The Labute approximate surface area is 116 Å². The standard InChI is InChI=1S/C13H14Cl2N2O/c1-7-5-10(8(2)18-7)13(17-16)11-6-9(14)3-4-12(11)15/h3-6,13,17H,16H2,1-2H3. The molecule has 1 aromatic carbocycles. The number of halogens is 2. The van der Waals surface area contributed by atoms with E-state index in [1.54, 1.807) is 18.2 Å². The zero-order valence-corrected chi connectivity index (χ0v) is 11.6. The Bertz CT molecular complexity index is 566. The molecule has 0 aliphatic heterocycles. The molecule has 0 saturated heterocycles. The van der Waals surface area contributed by atoms with Gasteiger partial charge in [-0.25, -0.2) is 5.43 Å². The van der Waals surface area contributed by atoms with E-state index in [0.29, 0.717) is 10.0 Å². The molecule has 0 fully saturated rings. The van der Waals surface area contributed by atoms with E-state index in [2.05, 4.69) is 5.43 Å². The molecule has 2 rings (SSSR count). The first-order chi connectivity index (χ1) is 8.52. The van der Waals surface area contributed by atoms with Crippen LogP contribution >= 0.6 is 23.2 Å². The minimum atomic E-state index is -0.242. The first-order valence-electron chi connectivity index (χ1n) is 5.51. The number of rotatable bonds is 3. The molecule has 0 spiro atoms. The fourth-order valence-corrected chi connectivity index (χ4v) is 2.43. The van der Waals surface area contributed by atoms with Crippen LogP contribution in [0.5, 0.6) is 0 Å². The molecule has 3 nitrogen and oxygen atoms in total. The van der Waals surface area contributed by atoms with Gasteiger partial charge in [0.25, 0.3) is 0 Å². The zero-order chi connectivity index (χ0) is 13.3. The summed E-state index contributed by atoms with van der Waals surface area (Å²) in [5.74, 6) is 7.29. The first kappa shape index (κ1) is 13.4. The molecule has 2 aromatic rings. The maximum Gasteiger partial charge on any atom is 0.106 e. The number of hydrogen-bond acceptors (Lipinski definition) is 3. The highest BCUT2D eigenvalue weighted by molar-refractivity contribution is 6.33. The monoisotopic (exact) mass is 284 g/mol. The van der Waals surface area contributed by atoms with Gasteiger partial charge < -0.3 is 4.42 Å². The van der Waals surface area contributed by atoms with Crippen LogP contribution in [0.15, 0.2) is 28.7 Å². The molecular weight excluding hydrogens is 271 g/mol. The number of nitrogens with one attached hydrogen (secondary N) is 1.